The Kier molecular flexibility index (Phi) is 5.46. The number of hydrogen-bond donors (Lipinski definition) is 1. The molecule has 0 heterocycles. The third-order valence-electron chi connectivity index (χ3n) is 3.79. The SMILES string of the molecule is O=C(NCC(=O)C1CCC(F)(F)CC1)OCc1ccccc1. The number of alkyl carbamates (subject to hydrolysis) is 1. The first-order valence-electron chi connectivity index (χ1n) is 7.31. The number of carbonyl (C=O) groups excluding carboxylic acids is 2. The van der Waals surface area contributed by atoms with Gasteiger partial charge in [-0.05, 0) is 18.4 Å². The molecule has 0 spiro atoms. The van der Waals surface area contributed by atoms with E-state index >= 15 is 0 Å². The molecule has 0 saturated heterocycles. The number of benzene rings is 1. The van der Waals surface area contributed by atoms with Crippen molar-refractivity contribution >= 4 is 11.9 Å². The molecule has 6 heteroatoms. The maximum Gasteiger partial charge on any atom is 0.407 e. The van der Waals surface area contributed by atoms with Crippen molar-refractivity contribution in [1.82, 2.24) is 5.32 Å². The van der Waals surface area contributed by atoms with Crippen LogP contribution in [0.15, 0.2) is 30.3 Å². The second-order valence-electron chi connectivity index (χ2n) is 5.51. The number of alkyl halides is 2. The van der Waals surface area contributed by atoms with Gasteiger partial charge in [0.05, 0.1) is 6.54 Å². The molecule has 0 aromatic heterocycles. The van der Waals surface area contributed by atoms with E-state index in [4.69, 9.17) is 4.74 Å². The van der Waals surface area contributed by atoms with Gasteiger partial charge in [0.25, 0.3) is 0 Å². The summed E-state index contributed by atoms with van der Waals surface area (Å²) >= 11 is 0. The summed E-state index contributed by atoms with van der Waals surface area (Å²) in [5.41, 5.74) is 0.846. The third-order valence-corrected chi connectivity index (χ3v) is 3.79. The van der Waals surface area contributed by atoms with Gasteiger partial charge < -0.3 is 10.1 Å². The lowest BCUT2D eigenvalue weighted by molar-refractivity contribution is -0.126. The molecular formula is C16H19F2NO3. The van der Waals surface area contributed by atoms with Gasteiger partial charge in [-0.25, -0.2) is 13.6 Å². The Morgan fingerprint density at radius 2 is 1.82 bits per heavy atom. The van der Waals surface area contributed by atoms with Gasteiger partial charge in [-0.3, -0.25) is 4.79 Å². The fraction of sp³-hybridized carbons (Fsp3) is 0.500. The summed E-state index contributed by atoms with van der Waals surface area (Å²) in [6, 6.07) is 9.16. The zero-order chi connectivity index (χ0) is 16.0. The van der Waals surface area contributed by atoms with E-state index in [0.717, 1.165) is 5.56 Å². The van der Waals surface area contributed by atoms with E-state index in [2.05, 4.69) is 5.32 Å². The van der Waals surface area contributed by atoms with Gasteiger partial charge in [-0.2, -0.15) is 0 Å². The number of amides is 1. The van der Waals surface area contributed by atoms with E-state index in [-0.39, 0.29) is 44.6 Å². The van der Waals surface area contributed by atoms with Gasteiger partial charge in [-0.15, -0.1) is 0 Å². The molecule has 1 amide bonds. The monoisotopic (exact) mass is 311 g/mol. The van der Waals surface area contributed by atoms with E-state index in [1.807, 2.05) is 30.3 Å². The van der Waals surface area contributed by atoms with Gasteiger partial charge in [0, 0.05) is 18.8 Å². The summed E-state index contributed by atoms with van der Waals surface area (Å²) in [6.45, 7) is -0.0552. The van der Waals surface area contributed by atoms with Crippen LogP contribution in [0.2, 0.25) is 0 Å². The summed E-state index contributed by atoms with van der Waals surface area (Å²) in [5.74, 6) is -3.26. The van der Waals surface area contributed by atoms with Gasteiger partial charge in [0.1, 0.15) is 6.61 Å². The van der Waals surface area contributed by atoms with E-state index in [0.29, 0.717) is 0 Å². The molecule has 120 valence electrons. The van der Waals surface area contributed by atoms with Crippen molar-refractivity contribution in [2.45, 2.75) is 38.2 Å². The summed E-state index contributed by atoms with van der Waals surface area (Å²) in [4.78, 5) is 23.4. The Morgan fingerprint density at radius 1 is 1.18 bits per heavy atom. The molecule has 0 bridgehead atoms. The molecule has 0 atom stereocenters. The highest BCUT2D eigenvalue weighted by Crippen LogP contribution is 2.36. The smallest absolute Gasteiger partial charge is 0.407 e. The lowest BCUT2D eigenvalue weighted by atomic mass is 9.84. The van der Waals surface area contributed by atoms with E-state index < -0.39 is 17.9 Å². The average molecular weight is 311 g/mol. The maximum absolute atomic E-state index is 13.0. The molecular weight excluding hydrogens is 292 g/mol. The van der Waals surface area contributed by atoms with Crippen LogP contribution in [0.4, 0.5) is 13.6 Å². The highest BCUT2D eigenvalue weighted by molar-refractivity contribution is 5.86. The van der Waals surface area contributed by atoms with Crippen LogP contribution in [-0.2, 0) is 16.1 Å². The van der Waals surface area contributed by atoms with E-state index in [1.165, 1.54) is 0 Å². The quantitative estimate of drug-likeness (QED) is 0.907. The molecule has 4 nitrogen and oxygen atoms in total. The van der Waals surface area contributed by atoms with Crippen molar-refractivity contribution in [3.63, 3.8) is 0 Å². The maximum atomic E-state index is 13.0. The molecule has 1 aliphatic carbocycles. The first-order chi connectivity index (χ1) is 10.5. The molecule has 22 heavy (non-hydrogen) atoms. The van der Waals surface area contributed by atoms with Gasteiger partial charge in [-0.1, -0.05) is 30.3 Å². The number of ether oxygens (including phenoxy) is 1. The number of carbonyl (C=O) groups is 2. The Morgan fingerprint density at radius 3 is 2.45 bits per heavy atom. The largest absolute Gasteiger partial charge is 0.445 e. The van der Waals surface area contributed by atoms with Crippen molar-refractivity contribution in [2.75, 3.05) is 6.54 Å². The normalized spacial score (nSPS) is 17.7. The minimum atomic E-state index is -2.65. The number of hydrogen-bond acceptors (Lipinski definition) is 3. The lowest BCUT2D eigenvalue weighted by Crippen LogP contribution is -2.36. The number of rotatable bonds is 5. The number of ketones is 1. The summed E-state index contributed by atoms with van der Waals surface area (Å²) < 4.78 is 31.0. The van der Waals surface area contributed by atoms with Crippen molar-refractivity contribution in [3.8, 4) is 0 Å². The first-order valence-corrected chi connectivity index (χ1v) is 7.31. The van der Waals surface area contributed by atoms with Crippen LogP contribution >= 0.6 is 0 Å². The van der Waals surface area contributed by atoms with Crippen LogP contribution in [0.25, 0.3) is 0 Å². The summed E-state index contributed by atoms with van der Waals surface area (Å²) in [5, 5.41) is 2.37. The molecule has 0 radical (unpaired) electrons. The molecule has 1 aromatic rings. The predicted molar refractivity (Wildman–Crippen MR) is 76.5 cm³/mol. The second-order valence-corrected chi connectivity index (χ2v) is 5.51. The van der Waals surface area contributed by atoms with Crippen LogP contribution in [0, 0.1) is 5.92 Å². The first kappa shape index (κ1) is 16.4. The lowest BCUT2D eigenvalue weighted by Gasteiger charge is -2.27. The van der Waals surface area contributed by atoms with Gasteiger partial charge >= 0.3 is 6.09 Å². The molecule has 1 N–H and O–H groups in total. The molecule has 1 saturated carbocycles. The Bertz CT molecular complexity index is 509. The minimum Gasteiger partial charge on any atom is -0.445 e. The molecule has 1 aliphatic rings. The van der Waals surface area contributed by atoms with Crippen molar-refractivity contribution < 1.29 is 23.1 Å². The van der Waals surface area contributed by atoms with Crippen molar-refractivity contribution in [3.05, 3.63) is 35.9 Å². The average Bonchev–Trinajstić information content (AvgIpc) is 2.51. The van der Waals surface area contributed by atoms with Crippen LogP contribution in [0.3, 0.4) is 0 Å². The second kappa shape index (κ2) is 7.33. The highest BCUT2D eigenvalue weighted by atomic mass is 19.3. The molecule has 0 aliphatic heterocycles. The Hall–Kier alpha value is -1.98. The van der Waals surface area contributed by atoms with Crippen molar-refractivity contribution in [2.24, 2.45) is 5.92 Å². The topological polar surface area (TPSA) is 55.4 Å². The van der Waals surface area contributed by atoms with Gasteiger partial charge in [0.2, 0.25) is 5.92 Å². The fourth-order valence-corrected chi connectivity index (χ4v) is 2.44. The zero-order valence-electron chi connectivity index (χ0n) is 12.2. The standard InChI is InChI=1S/C16H19F2NO3/c17-16(18)8-6-13(7-9-16)14(20)10-19-15(21)22-11-12-4-2-1-3-5-12/h1-5,13H,6-11H2,(H,19,21). The van der Waals surface area contributed by atoms with E-state index in [9.17, 15) is 18.4 Å². The Labute approximate surface area is 127 Å². The number of halogens is 2. The minimum absolute atomic E-state index is 0.122. The Balaban J connectivity index is 1.67. The molecule has 1 fully saturated rings. The van der Waals surface area contributed by atoms with Crippen molar-refractivity contribution in [1.29, 1.82) is 0 Å². The van der Waals surface area contributed by atoms with Crippen LogP contribution in [0.5, 0.6) is 0 Å². The molecule has 0 unspecified atom stereocenters. The summed E-state index contributed by atoms with van der Waals surface area (Å²) in [6.07, 6.45) is -0.860. The number of nitrogens with one attached hydrogen (secondary N) is 1. The zero-order valence-corrected chi connectivity index (χ0v) is 12.2. The summed E-state index contributed by atoms with van der Waals surface area (Å²) in [7, 11) is 0. The van der Waals surface area contributed by atoms with Crippen LogP contribution in [0.1, 0.15) is 31.2 Å². The third kappa shape index (κ3) is 5.09. The molecule has 2 rings (SSSR count). The molecule has 1 aromatic carbocycles. The van der Waals surface area contributed by atoms with Crippen LogP contribution < -0.4 is 5.32 Å². The number of Topliss-reactive ketones (excluding diaryl/α,β-unsaturated/α-hetero) is 1. The fourth-order valence-electron chi connectivity index (χ4n) is 2.44. The van der Waals surface area contributed by atoms with Gasteiger partial charge in [0.15, 0.2) is 5.78 Å². The highest BCUT2D eigenvalue weighted by Gasteiger charge is 2.37. The van der Waals surface area contributed by atoms with E-state index in [1.54, 1.807) is 0 Å². The predicted octanol–water partition coefficient (Wildman–Crippen LogP) is 3.31. The van der Waals surface area contributed by atoms with Crippen LogP contribution in [-0.4, -0.2) is 24.3 Å².